The lowest BCUT2D eigenvalue weighted by molar-refractivity contribution is -0.139. The van der Waals surface area contributed by atoms with Crippen molar-refractivity contribution in [1.82, 2.24) is 15.0 Å². The molecule has 6 rings (SSSR count). The van der Waals surface area contributed by atoms with Gasteiger partial charge in [0, 0.05) is 34.4 Å². The first kappa shape index (κ1) is 30.7. The van der Waals surface area contributed by atoms with Crippen molar-refractivity contribution < 1.29 is 24.5 Å². The van der Waals surface area contributed by atoms with Crippen LogP contribution < -0.4 is 9.80 Å². The van der Waals surface area contributed by atoms with Crippen molar-refractivity contribution in [2.24, 2.45) is 5.92 Å². The zero-order valence-electron chi connectivity index (χ0n) is 24.8. The van der Waals surface area contributed by atoms with E-state index >= 15 is 0 Å². The number of carbonyl (C=O) groups excluding carboxylic acids is 2. The molecule has 1 saturated heterocycles. The molecule has 1 fully saturated rings. The number of rotatable bonds is 11. The molecular weight excluding hydrogens is 638 g/mol. The van der Waals surface area contributed by atoms with E-state index in [0.717, 1.165) is 15.6 Å². The van der Waals surface area contributed by atoms with Gasteiger partial charge in [0.15, 0.2) is 5.60 Å². The van der Waals surface area contributed by atoms with E-state index in [0.29, 0.717) is 48.7 Å². The first-order valence-electron chi connectivity index (χ1n) is 14.9. The molecule has 10 nitrogen and oxygen atoms in total. The van der Waals surface area contributed by atoms with Crippen LogP contribution in [0.2, 0.25) is 0 Å². The molecule has 2 amide bonds. The number of cyclic esters (lactones) is 1. The second-order valence-electron chi connectivity index (χ2n) is 11.3. The fourth-order valence-electron chi connectivity index (χ4n) is 5.99. The normalized spacial score (nSPS) is 19.3. The van der Waals surface area contributed by atoms with E-state index in [2.05, 4.69) is 26.2 Å². The quantitative estimate of drug-likeness (QED) is 0.212. The standard InChI is InChI=1S/C34H34BrN5O5/c1-23(8-5-6-15-38-21-30(36-37-38)28(22-41)25-10-3-2-4-11-25)34(44)29-19-26(35)13-14-31(29)40(32(34)42)20-24-9-7-12-27(18-24)39-16-17-45-33(39)43/h2-5,7-14,18-19,21,23,28,41,44H,6,15-17,20,22H2,1H3/b8-5+/t23-,28?,34+/m0/s1. The second-order valence-corrected chi connectivity index (χ2v) is 12.2. The van der Waals surface area contributed by atoms with Crippen molar-refractivity contribution >= 4 is 39.3 Å². The van der Waals surface area contributed by atoms with Gasteiger partial charge in [-0.3, -0.25) is 14.4 Å². The van der Waals surface area contributed by atoms with E-state index in [1.165, 1.54) is 0 Å². The molecule has 4 aromatic rings. The predicted molar refractivity (Wildman–Crippen MR) is 173 cm³/mol. The van der Waals surface area contributed by atoms with Crippen LogP contribution in [-0.4, -0.2) is 57.0 Å². The monoisotopic (exact) mass is 671 g/mol. The minimum absolute atomic E-state index is 0.0696. The van der Waals surface area contributed by atoms with Gasteiger partial charge in [-0.05, 0) is 47.9 Å². The summed E-state index contributed by atoms with van der Waals surface area (Å²) in [4.78, 5) is 29.3. The molecule has 1 unspecified atom stereocenters. The highest BCUT2D eigenvalue weighted by Crippen LogP contribution is 2.47. The van der Waals surface area contributed by atoms with Gasteiger partial charge in [-0.1, -0.05) is 82.7 Å². The Morgan fingerprint density at radius 2 is 1.91 bits per heavy atom. The molecule has 3 atom stereocenters. The molecule has 232 valence electrons. The molecular formula is C34H34BrN5O5. The number of benzene rings is 3. The Kier molecular flexibility index (Phi) is 8.84. The van der Waals surface area contributed by atoms with E-state index in [4.69, 9.17) is 4.74 Å². The maximum absolute atomic E-state index is 14.0. The molecule has 3 heterocycles. The highest BCUT2D eigenvalue weighted by Gasteiger charge is 2.52. The molecule has 3 aromatic carbocycles. The van der Waals surface area contributed by atoms with Crippen LogP contribution in [0.5, 0.6) is 0 Å². The first-order chi connectivity index (χ1) is 21.8. The van der Waals surface area contributed by atoms with Gasteiger partial charge < -0.3 is 19.8 Å². The summed E-state index contributed by atoms with van der Waals surface area (Å²) in [5.74, 6) is -1.19. The van der Waals surface area contributed by atoms with E-state index in [-0.39, 0.29) is 25.2 Å². The Hall–Kier alpha value is -4.32. The number of fused-ring (bicyclic) bond motifs is 1. The molecule has 0 radical (unpaired) electrons. The first-order valence-corrected chi connectivity index (χ1v) is 15.7. The number of hydrogen-bond acceptors (Lipinski definition) is 7. The summed E-state index contributed by atoms with van der Waals surface area (Å²) in [7, 11) is 0. The Morgan fingerprint density at radius 1 is 1.09 bits per heavy atom. The van der Waals surface area contributed by atoms with Crippen LogP contribution in [0, 0.1) is 5.92 Å². The van der Waals surface area contributed by atoms with Gasteiger partial charge in [-0.15, -0.1) is 5.10 Å². The number of hydrogen-bond donors (Lipinski definition) is 2. The summed E-state index contributed by atoms with van der Waals surface area (Å²) in [6, 6.07) is 22.7. The van der Waals surface area contributed by atoms with Crippen molar-refractivity contribution in [3.8, 4) is 0 Å². The molecule has 2 N–H and O–H groups in total. The van der Waals surface area contributed by atoms with Crippen LogP contribution in [0.25, 0.3) is 0 Å². The van der Waals surface area contributed by atoms with Crippen LogP contribution in [0.3, 0.4) is 0 Å². The fraction of sp³-hybridized carbons (Fsp3) is 0.294. The molecule has 0 saturated carbocycles. The van der Waals surface area contributed by atoms with Crippen molar-refractivity contribution in [2.75, 3.05) is 29.6 Å². The number of carbonyl (C=O) groups is 2. The number of allylic oxidation sites excluding steroid dienone is 1. The van der Waals surface area contributed by atoms with Crippen molar-refractivity contribution in [3.63, 3.8) is 0 Å². The van der Waals surface area contributed by atoms with Gasteiger partial charge in [-0.25, -0.2) is 4.79 Å². The molecule has 11 heteroatoms. The zero-order valence-corrected chi connectivity index (χ0v) is 26.4. The van der Waals surface area contributed by atoms with Crippen LogP contribution in [0.15, 0.2) is 95.6 Å². The van der Waals surface area contributed by atoms with Gasteiger partial charge in [0.1, 0.15) is 6.61 Å². The molecule has 2 aliphatic rings. The largest absolute Gasteiger partial charge is 0.447 e. The van der Waals surface area contributed by atoms with E-state index < -0.39 is 17.4 Å². The number of aromatic nitrogens is 3. The van der Waals surface area contributed by atoms with E-state index in [1.807, 2.05) is 92.0 Å². The number of aliphatic hydroxyl groups excluding tert-OH is 1. The molecule has 1 aromatic heterocycles. The van der Waals surface area contributed by atoms with Crippen LogP contribution in [0.1, 0.15) is 41.6 Å². The molecule has 0 bridgehead atoms. The van der Waals surface area contributed by atoms with Gasteiger partial charge >= 0.3 is 6.09 Å². The number of aliphatic hydroxyl groups is 2. The minimum atomic E-state index is -1.77. The molecule has 45 heavy (non-hydrogen) atoms. The van der Waals surface area contributed by atoms with Gasteiger partial charge in [-0.2, -0.15) is 0 Å². The van der Waals surface area contributed by atoms with Crippen molar-refractivity contribution in [1.29, 1.82) is 0 Å². The number of aryl methyl sites for hydroxylation is 1. The van der Waals surface area contributed by atoms with Gasteiger partial charge in [0.25, 0.3) is 5.91 Å². The predicted octanol–water partition coefficient (Wildman–Crippen LogP) is 5.14. The summed E-state index contributed by atoms with van der Waals surface area (Å²) in [5, 5.41) is 30.5. The number of ether oxygens (including phenoxy) is 1. The third kappa shape index (κ3) is 6.03. The SMILES string of the molecule is C[C@@H](/C=C/CCn1cc(C(CO)c2ccccc2)nn1)[C@]1(O)C(=O)N(Cc2cccc(N3CCOC3=O)c2)c2ccc(Br)cc21. The summed E-state index contributed by atoms with van der Waals surface area (Å²) >= 11 is 3.51. The minimum Gasteiger partial charge on any atom is -0.447 e. The van der Waals surface area contributed by atoms with Crippen molar-refractivity contribution in [2.45, 2.75) is 38.0 Å². The summed E-state index contributed by atoms with van der Waals surface area (Å²) in [6.07, 6.45) is 5.86. The summed E-state index contributed by atoms with van der Waals surface area (Å²) in [5.41, 5.74) is 2.61. The lowest BCUT2D eigenvalue weighted by Gasteiger charge is -2.28. The van der Waals surface area contributed by atoms with Crippen LogP contribution >= 0.6 is 15.9 Å². The number of nitrogens with zero attached hydrogens (tertiary/aromatic N) is 5. The lowest BCUT2D eigenvalue weighted by atomic mass is 9.83. The Labute approximate surface area is 269 Å². The fourth-order valence-corrected chi connectivity index (χ4v) is 6.35. The average Bonchev–Trinajstić information content (AvgIpc) is 3.75. The topological polar surface area (TPSA) is 121 Å². The van der Waals surface area contributed by atoms with Crippen LogP contribution in [0.4, 0.5) is 16.2 Å². The number of amides is 2. The van der Waals surface area contributed by atoms with E-state index in [1.54, 1.807) is 20.5 Å². The Morgan fingerprint density at radius 3 is 2.67 bits per heavy atom. The van der Waals surface area contributed by atoms with Crippen LogP contribution in [-0.2, 0) is 28.2 Å². The summed E-state index contributed by atoms with van der Waals surface area (Å²) in [6.45, 7) is 3.36. The van der Waals surface area contributed by atoms with Gasteiger partial charge in [0.2, 0.25) is 0 Å². The van der Waals surface area contributed by atoms with Crippen molar-refractivity contribution in [3.05, 3.63) is 118 Å². The third-order valence-corrected chi connectivity index (χ3v) is 8.95. The zero-order chi connectivity index (χ0) is 31.6. The Balaban J connectivity index is 1.16. The smallest absolute Gasteiger partial charge is 0.414 e. The maximum atomic E-state index is 14.0. The van der Waals surface area contributed by atoms with E-state index in [9.17, 15) is 19.8 Å². The number of anilines is 2. The Bertz CT molecular complexity index is 1730. The highest BCUT2D eigenvalue weighted by atomic mass is 79.9. The molecule has 0 aliphatic carbocycles. The molecule has 0 spiro atoms. The second kappa shape index (κ2) is 13.0. The third-order valence-electron chi connectivity index (χ3n) is 8.46. The summed E-state index contributed by atoms with van der Waals surface area (Å²) < 4.78 is 7.57. The number of halogens is 1. The highest BCUT2D eigenvalue weighted by molar-refractivity contribution is 9.10. The average molecular weight is 673 g/mol. The maximum Gasteiger partial charge on any atom is 0.414 e. The molecule has 2 aliphatic heterocycles. The lowest BCUT2D eigenvalue weighted by Crippen LogP contribution is -2.44. The van der Waals surface area contributed by atoms with Gasteiger partial charge in [0.05, 0.1) is 37.0 Å².